The van der Waals surface area contributed by atoms with Gasteiger partial charge < -0.3 is 9.80 Å². The highest BCUT2D eigenvalue weighted by atomic mass is 16.2. The van der Waals surface area contributed by atoms with E-state index in [1.165, 1.54) is 21.7 Å². The number of aryl methyl sites for hydroxylation is 1. The maximum atomic E-state index is 13.1. The molecule has 0 N–H and O–H groups in total. The molecule has 29 heavy (non-hydrogen) atoms. The number of rotatable bonds is 3. The molecule has 6 nitrogen and oxygen atoms in total. The number of piperazine rings is 1. The number of likely N-dealkylation sites (tertiary alicyclic amines) is 1. The number of carbonyl (C=O) groups is 3. The fourth-order valence-electron chi connectivity index (χ4n) is 4.83. The topological polar surface area (TPSA) is 60.9 Å². The molecule has 3 aliphatic rings. The molecule has 6 heteroatoms. The smallest absolute Gasteiger partial charge is 0.245 e. The summed E-state index contributed by atoms with van der Waals surface area (Å²) in [5.74, 6) is -1.06. The van der Waals surface area contributed by atoms with Gasteiger partial charge in [0.25, 0.3) is 0 Å². The summed E-state index contributed by atoms with van der Waals surface area (Å²) in [4.78, 5) is 44.0. The van der Waals surface area contributed by atoms with Crippen LogP contribution in [0.25, 0.3) is 0 Å². The zero-order valence-corrected chi connectivity index (χ0v) is 17.4. The van der Waals surface area contributed by atoms with Gasteiger partial charge in [-0.05, 0) is 50.8 Å². The Morgan fingerprint density at radius 1 is 0.966 bits per heavy atom. The Morgan fingerprint density at radius 3 is 2.14 bits per heavy atom. The van der Waals surface area contributed by atoms with Crippen molar-refractivity contribution in [2.75, 3.05) is 31.1 Å². The molecule has 2 saturated heterocycles. The Bertz CT molecular complexity index is 844. The van der Waals surface area contributed by atoms with Gasteiger partial charge in [-0.25, -0.2) is 0 Å². The van der Waals surface area contributed by atoms with E-state index in [2.05, 4.69) is 36.9 Å². The largest absolute Gasteiger partial charge is 0.368 e. The maximum Gasteiger partial charge on any atom is 0.245 e. The van der Waals surface area contributed by atoms with Gasteiger partial charge in [-0.3, -0.25) is 19.3 Å². The van der Waals surface area contributed by atoms with E-state index in [0.717, 1.165) is 13.1 Å². The van der Waals surface area contributed by atoms with Crippen molar-refractivity contribution in [3.05, 3.63) is 41.5 Å². The number of carbonyl (C=O) groups excluding carboxylic acids is 3. The van der Waals surface area contributed by atoms with Crippen molar-refractivity contribution < 1.29 is 14.4 Å². The van der Waals surface area contributed by atoms with Gasteiger partial charge in [-0.15, -0.1) is 0 Å². The summed E-state index contributed by atoms with van der Waals surface area (Å²) in [5.41, 5.74) is 3.74. The van der Waals surface area contributed by atoms with E-state index in [-0.39, 0.29) is 29.6 Å². The predicted molar refractivity (Wildman–Crippen MR) is 111 cm³/mol. The van der Waals surface area contributed by atoms with Gasteiger partial charge >= 0.3 is 0 Å². The quantitative estimate of drug-likeness (QED) is 0.582. The number of amides is 3. The zero-order valence-electron chi connectivity index (χ0n) is 17.4. The molecule has 4 rings (SSSR count). The van der Waals surface area contributed by atoms with Crippen LogP contribution in [-0.2, 0) is 14.4 Å². The third-order valence-corrected chi connectivity index (χ3v) is 6.79. The summed E-state index contributed by atoms with van der Waals surface area (Å²) in [6.45, 7) is 8.63. The van der Waals surface area contributed by atoms with E-state index in [9.17, 15) is 14.4 Å². The first kappa shape index (κ1) is 19.7. The normalized spacial score (nSPS) is 25.4. The van der Waals surface area contributed by atoms with E-state index in [1.807, 2.05) is 12.2 Å². The van der Waals surface area contributed by atoms with Gasteiger partial charge in [0.05, 0.1) is 11.8 Å². The lowest BCUT2D eigenvalue weighted by Crippen LogP contribution is -2.55. The number of allylic oxidation sites excluding steroid dienone is 2. The Labute approximate surface area is 172 Å². The Balaban J connectivity index is 1.41. The molecule has 1 aromatic rings. The minimum absolute atomic E-state index is 0.126. The number of imide groups is 1. The molecule has 1 aliphatic carbocycles. The van der Waals surface area contributed by atoms with Crippen LogP contribution in [0.3, 0.4) is 0 Å². The molecule has 0 aromatic heterocycles. The van der Waals surface area contributed by atoms with Crippen LogP contribution < -0.4 is 4.90 Å². The van der Waals surface area contributed by atoms with Gasteiger partial charge in [-0.2, -0.15) is 0 Å². The molecule has 2 heterocycles. The molecule has 0 unspecified atom stereocenters. The van der Waals surface area contributed by atoms with E-state index >= 15 is 0 Å². The van der Waals surface area contributed by atoms with Crippen LogP contribution in [0.5, 0.6) is 0 Å². The molecule has 2 aliphatic heterocycles. The van der Waals surface area contributed by atoms with Crippen molar-refractivity contribution in [1.29, 1.82) is 0 Å². The molecule has 3 amide bonds. The SMILES string of the molecule is Cc1cccc(N2CCN(C(=O)[C@@H](C)N3C(=O)[C@H]4CC=CC[C@@H]4C3=O)CC2)c1C. The van der Waals surface area contributed by atoms with Crippen molar-refractivity contribution in [2.24, 2.45) is 11.8 Å². The van der Waals surface area contributed by atoms with Crippen molar-refractivity contribution in [3.63, 3.8) is 0 Å². The lowest BCUT2D eigenvalue weighted by Gasteiger charge is -2.38. The second-order valence-corrected chi connectivity index (χ2v) is 8.41. The van der Waals surface area contributed by atoms with Crippen molar-refractivity contribution in [1.82, 2.24) is 9.80 Å². The van der Waals surface area contributed by atoms with Crippen molar-refractivity contribution >= 4 is 23.4 Å². The number of fused-ring (bicyclic) bond motifs is 1. The maximum absolute atomic E-state index is 13.1. The summed E-state index contributed by atoms with van der Waals surface area (Å²) in [6, 6.07) is 5.57. The van der Waals surface area contributed by atoms with Gasteiger partial charge in [-0.1, -0.05) is 24.3 Å². The molecule has 1 aromatic carbocycles. The fraction of sp³-hybridized carbons (Fsp3) is 0.522. The zero-order chi connectivity index (χ0) is 20.7. The van der Waals surface area contributed by atoms with Crippen LogP contribution in [-0.4, -0.2) is 59.7 Å². The van der Waals surface area contributed by atoms with Crippen LogP contribution in [0.2, 0.25) is 0 Å². The van der Waals surface area contributed by atoms with E-state index in [0.29, 0.717) is 25.9 Å². The average Bonchev–Trinajstić information content (AvgIpc) is 3.00. The monoisotopic (exact) mass is 395 g/mol. The summed E-state index contributed by atoms with van der Waals surface area (Å²) in [5, 5.41) is 0. The van der Waals surface area contributed by atoms with Crippen molar-refractivity contribution in [3.8, 4) is 0 Å². The minimum Gasteiger partial charge on any atom is -0.368 e. The highest BCUT2D eigenvalue weighted by molar-refractivity contribution is 6.08. The van der Waals surface area contributed by atoms with Crippen LogP contribution in [0.1, 0.15) is 30.9 Å². The van der Waals surface area contributed by atoms with Crippen LogP contribution in [0, 0.1) is 25.7 Å². The van der Waals surface area contributed by atoms with Crippen LogP contribution >= 0.6 is 0 Å². The summed E-state index contributed by atoms with van der Waals surface area (Å²) in [7, 11) is 0. The third kappa shape index (κ3) is 3.34. The second-order valence-electron chi connectivity index (χ2n) is 8.41. The van der Waals surface area contributed by atoms with Crippen molar-refractivity contribution in [2.45, 2.75) is 39.7 Å². The number of anilines is 1. The Hall–Kier alpha value is -2.63. The Morgan fingerprint density at radius 2 is 1.55 bits per heavy atom. The summed E-state index contributed by atoms with van der Waals surface area (Å²) >= 11 is 0. The van der Waals surface area contributed by atoms with Crippen LogP contribution in [0.15, 0.2) is 30.4 Å². The van der Waals surface area contributed by atoms with E-state index in [4.69, 9.17) is 0 Å². The molecule has 154 valence electrons. The molecule has 0 radical (unpaired) electrons. The first-order valence-electron chi connectivity index (χ1n) is 10.5. The minimum atomic E-state index is -0.729. The predicted octanol–water partition coefficient (Wildman–Crippen LogP) is 2.29. The number of hydrogen-bond donors (Lipinski definition) is 0. The standard InChI is InChI=1S/C23H29N3O3/c1-15-7-6-10-20(16(15)2)24-11-13-25(14-12-24)21(27)17(3)26-22(28)18-8-4-5-9-19(18)23(26)29/h4-7,10,17-19H,8-9,11-14H2,1-3H3/t17-,18+,19+/m1/s1. The van der Waals surface area contributed by atoms with Crippen LogP contribution in [0.4, 0.5) is 5.69 Å². The molecule has 3 atom stereocenters. The number of benzene rings is 1. The summed E-state index contributed by atoms with van der Waals surface area (Å²) in [6.07, 6.45) is 5.13. The Kier molecular flexibility index (Phi) is 5.19. The lowest BCUT2D eigenvalue weighted by atomic mass is 9.85. The fourth-order valence-corrected chi connectivity index (χ4v) is 4.83. The third-order valence-electron chi connectivity index (χ3n) is 6.79. The summed E-state index contributed by atoms with van der Waals surface area (Å²) < 4.78 is 0. The lowest BCUT2D eigenvalue weighted by molar-refractivity contribution is -0.151. The van der Waals surface area contributed by atoms with Gasteiger partial charge in [0.2, 0.25) is 17.7 Å². The number of hydrogen-bond acceptors (Lipinski definition) is 4. The average molecular weight is 396 g/mol. The second kappa shape index (κ2) is 7.65. The highest BCUT2D eigenvalue weighted by Gasteiger charge is 2.50. The van der Waals surface area contributed by atoms with E-state index < -0.39 is 6.04 Å². The molecule has 2 fully saturated rings. The van der Waals surface area contributed by atoms with Gasteiger partial charge in [0.15, 0.2) is 0 Å². The molecule has 0 bridgehead atoms. The molecular formula is C23H29N3O3. The molecule has 0 spiro atoms. The molecule has 0 saturated carbocycles. The highest BCUT2D eigenvalue weighted by Crippen LogP contribution is 2.36. The van der Waals surface area contributed by atoms with Gasteiger partial charge in [0, 0.05) is 31.9 Å². The van der Waals surface area contributed by atoms with Gasteiger partial charge in [0.1, 0.15) is 6.04 Å². The van der Waals surface area contributed by atoms with E-state index in [1.54, 1.807) is 11.8 Å². The molecular weight excluding hydrogens is 366 g/mol. The number of nitrogens with zero attached hydrogens (tertiary/aromatic N) is 3. The first-order valence-corrected chi connectivity index (χ1v) is 10.5. The first-order chi connectivity index (χ1) is 13.9.